The zero-order valence-corrected chi connectivity index (χ0v) is 12.1. The Morgan fingerprint density at radius 2 is 1.74 bits per heavy atom. The van der Waals surface area contributed by atoms with E-state index in [9.17, 15) is 4.79 Å². The van der Waals surface area contributed by atoms with Crippen molar-refractivity contribution in [1.29, 1.82) is 0 Å². The molecule has 1 aromatic carbocycles. The molecule has 0 radical (unpaired) electrons. The molecule has 19 heavy (non-hydrogen) atoms. The number of hydrogen-bond acceptors (Lipinski definition) is 3. The van der Waals surface area contributed by atoms with Crippen LogP contribution in [0.1, 0.15) is 10.4 Å². The monoisotopic (exact) mass is 315 g/mol. The average molecular weight is 317 g/mol. The smallest absolute Gasteiger partial charge is 0.341 e. The third-order valence-electron chi connectivity index (χ3n) is 2.47. The molecule has 98 valence electrons. The van der Waals surface area contributed by atoms with Gasteiger partial charge >= 0.3 is 5.97 Å². The molecule has 0 aliphatic rings. The summed E-state index contributed by atoms with van der Waals surface area (Å²) < 4.78 is 4.59. The van der Waals surface area contributed by atoms with E-state index in [4.69, 9.17) is 34.8 Å². The summed E-state index contributed by atoms with van der Waals surface area (Å²) in [6.07, 6.45) is 0. The molecule has 0 aliphatic heterocycles. The van der Waals surface area contributed by atoms with Gasteiger partial charge in [-0.2, -0.15) is 0 Å². The third kappa shape index (κ3) is 2.84. The van der Waals surface area contributed by atoms with Crippen LogP contribution in [0.4, 0.5) is 0 Å². The van der Waals surface area contributed by atoms with E-state index in [1.165, 1.54) is 13.2 Å². The lowest BCUT2D eigenvalue weighted by Gasteiger charge is -2.08. The van der Waals surface area contributed by atoms with E-state index >= 15 is 0 Å². The summed E-state index contributed by atoms with van der Waals surface area (Å²) in [5.41, 5.74) is 1.26. The number of methoxy groups -OCH3 is 1. The molecule has 2 rings (SSSR count). The molecule has 6 heteroatoms. The van der Waals surface area contributed by atoms with E-state index in [2.05, 4.69) is 9.72 Å². The first-order valence-electron chi connectivity index (χ1n) is 5.24. The van der Waals surface area contributed by atoms with Crippen LogP contribution in [-0.2, 0) is 4.74 Å². The first-order chi connectivity index (χ1) is 9.04. The summed E-state index contributed by atoms with van der Waals surface area (Å²) in [5, 5.41) is 0.962. The minimum Gasteiger partial charge on any atom is -0.465 e. The zero-order chi connectivity index (χ0) is 14.0. The quantitative estimate of drug-likeness (QED) is 0.605. The molecule has 3 nitrogen and oxygen atoms in total. The average Bonchev–Trinajstić information content (AvgIpc) is 2.38. The van der Waals surface area contributed by atoms with Gasteiger partial charge in [-0.1, -0.05) is 40.9 Å². The van der Waals surface area contributed by atoms with Crippen molar-refractivity contribution in [3.8, 4) is 11.3 Å². The summed E-state index contributed by atoms with van der Waals surface area (Å²) in [4.78, 5) is 15.5. The van der Waals surface area contributed by atoms with Crippen molar-refractivity contribution in [3.63, 3.8) is 0 Å². The number of carbonyl (C=O) groups is 1. The number of aromatic nitrogens is 1. The van der Waals surface area contributed by atoms with E-state index in [1.54, 1.807) is 24.3 Å². The standard InChI is InChI=1S/C13H8Cl3NO2/c1-19-13(18)7-5-6-10(17-12(7)16)11-8(14)3-2-4-9(11)15/h2-6H,1H3. The molecule has 0 unspecified atom stereocenters. The van der Waals surface area contributed by atoms with Crippen molar-refractivity contribution in [3.05, 3.63) is 51.1 Å². The van der Waals surface area contributed by atoms with Crippen LogP contribution < -0.4 is 0 Å². The molecule has 2 aromatic rings. The number of nitrogens with zero attached hydrogens (tertiary/aromatic N) is 1. The first-order valence-corrected chi connectivity index (χ1v) is 6.37. The Balaban J connectivity index is 2.54. The van der Waals surface area contributed by atoms with Crippen molar-refractivity contribution in [2.45, 2.75) is 0 Å². The highest BCUT2D eigenvalue weighted by atomic mass is 35.5. The van der Waals surface area contributed by atoms with E-state index in [0.29, 0.717) is 21.3 Å². The first kappa shape index (κ1) is 14.1. The highest BCUT2D eigenvalue weighted by molar-refractivity contribution is 6.39. The second-order valence-electron chi connectivity index (χ2n) is 3.62. The fourth-order valence-corrected chi connectivity index (χ4v) is 2.40. The van der Waals surface area contributed by atoms with Crippen molar-refractivity contribution in [1.82, 2.24) is 4.98 Å². The van der Waals surface area contributed by atoms with E-state index < -0.39 is 5.97 Å². The van der Waals surface area contributed by atoms with Gasteiger partial charge in [0, 0.05) is 5.56 Å². The predicted octanol–water partition coefficient (Wildman–Crippen LogP) is 4.50. The van der Waals surface area contributed by atoms with E-state index in [0.717, 1.165) is 0 Å². The molecular weight excluding hydrogens is 309 g/mol. The number of halogens is 3. The molecular formula is C13H8Cl3NO2. The van der Waals surface area contributed by atoms with Crippen LogP contribution >= 0.6 is 34.8 Å². The molecule has 0 amide bonds. The normalized spacial score (nSPS) is 10.3. The van der Waals surface area contributed by atoms with Gasteiger partial charge in [-0.05, 0) is 24.3 Å². The predicted molar refractivity (Wildman–Crippen MR) is 76.0 cm³/mol. The second-order valence-corrected chi connectivity index (χ2v) is 4.80. The van der Waals surface area contributed by atoms with E-state index in [1.807, 2.05) is 0 Å². The zero-order valence-electron chi connectivity index (χ0n) is 9.78. The number of pyridine rings is 1. The number of carbonyl (C=O) groups excluding carboxylic acids is 1. The van der Waals surface area contributed by atoms with Gasteiger partial charge in [-0.15, -0.1) is 0 Å². The lowest BCUT2D eigenvalue weighted by molar-refractivity contribution is 0.0600. The topological polar surface area (TPSA) is 39.2 Å². The summed E-state index contributed by atoms with van der Waals surface area (Å²) in [6, 6.07) is 8.28. The van der Waals surface area contributed by atoms with Crippen LogP contribution in [-0.4, -0.2) is 18.1 Å². The molecule has 0 fully saturated rings. The Morgan fingerprint density at radius 3 is 2.26 bits per heavy atom. The number of rotatable bonds is 2. The maximum atomic E-state index is 11.4. The summed E-state index contributed by atoms with van der Waals surface area (Å²) in [5.74, 6) is -0.547. The maximum absolute atomic E-state index is 11.4. The lowest BCUT2D eigenvalue weighted by atomic mass is 10.1. The van der Waals surface area contributed by atoms with Gasteiger partial charge < -0.3 is 4.74 Å². The van der Waals surface area contributed by atoms with Crippen molar-refractivity contribution >= 4 is 40.8 Å². The molecule has 0 saturated carbocycles. The van der Waals surface area contributed by atoms with E-state index in [-0.39, 0.29) is 10.7 Å². The largest absolute Gasteiger partial charge is 0.465 e. The second kappa shape index (κ2) is 5.78. The SMILES string of the molecule is COC(=O)c1ccc(-c2c(Cl)cccc2Cl)nc1Cl. The molecule has 0 saturated heterocycles. The summed E-state index contributed by atoms with van der Waals surface area (Å²) >= 11 is 18.1. The Bertz CT molecular complexity index is 624. The maximum Gasteiger partial charge on any atom is 0.341 e. The fourth-order valence-electron chi connectivity index (χ4n) is 1.58. The Labute approximate surface area is 125 Å². The number of ether oxygens (including phenoxy) is 1. The van der Waals surface area contributed by atoms with Crippen LogP contribution in [0, 0.1) is 0 Å². The van der Waals surface area contributed by atoms with Gasteiger partial charge in [-0.3, -0.25) is 0 Å². The van der Waals surface area contributed by atoms with Gasteiger partial charge in [0.15, 0.2) is 0 Å². The van der Waals surface area contributed by atoms with Gasteiger partial charge in [-0.25, -0.2) is 9.78 Å². The third-order valence-corrected chi connectivity index (χ3v) is 3.39. The Morgan fingerprint density at radius 1 is 1.11 bits per heavy atom. The molecule has 1 heterocycles. The number of benzene rings is 1. The van der Waals surface area contributed by atoms with Crippen LogP contribution in [0.15, 0.2) is 30.3 Å². The van der Waals surface area contributed by atoms with Crippen LogP contribution in [0.3, 0.4) is 0 Å². The van der Waals surface area contributed by atoms with Gasteiger partial charge in [0.2, 0.25) is 0 Å². The minimum absolute atomic E-state index is 0.0420. The number of hydrogen-bond donors (Lipinski definition) is 0. The molecule has 0 atom stereocenters. The van der Waals surface area contributed by atoms with Crippen LogP contribution in [0.2, 0.25) is 15.2 Å². The molecule has 0 bridgehead atoms. The van der Waals surface area contributed by atoms with Crippen LogP contribution in [0.5, 0.6) is 0 Å². The Hall–Kier alpha value is -1.29. The Kier molecular flexibility index (Phi) is 4.30. The molecule has 0 N–H and O–H groups in total. The fraction of sp³-hybridized carbons (Fsp3) is 0.0769. The molecule has 1 aromatic heterocycles. The van der Waals surface area contributed by atoms with Crippen molar-refractivity contribution < 1.29 is 9.53 Å². The minimum atomic E-state index is -0.547. The van der Waals surface area contributed by atoms with Crippen molar-refractivity contribution in [2.75, 3.05) is 7.11 Å². The number of esters is 1. The lowest BCUT2D eigenvalue weighted by Crippen LogP contribution is -2.03. The summed E-state index contributed by atoms with van der Waals surface area (Å²) in [7, 11) is 1.28. The summed E-state index contributed by atoms with van der Waals surface area (Å²) in [6.45, 7) is 0. The van der Waals surface area contributed by atoms with Gasteiger partial charge in [0.05, 0.1) is 28.4 Å². The molecule has 0 aliphatic carbocycles. The highest BCUT2D eigenvalue weighted by Gasteiger charge is 2.15. The molecule has 0 spiro atoms. The highest BCUT2D eigenvalue weighted by Crippen LogP contribution is 2.34. The van der Waals surface area contributed by atoms with Crippen LogP contribution in [0.25, 0.3) is 11.3 Å². The van der Waals surface area contributed by atoms with Gasteiger partial charge in [0.1, 0.15) is 5.15 Å². The van der Waals surface area contributed by atoms with Crippen molar-refractivity contribution in [2.24, 2.45) is 0 Å². The van der Waals surface area contributed by atoms with Gasteiger partial charge in [0.25, 0.3) is 0 Å².